The monoisotopic (exact) mass is 527 g/mol. The highest BCUT2D eigenvalue weighted by atomic mass is 28.4. The van der Waals surface area contributed by atoms with Crippen molar-refractivity contribution in [1.29, 1.82) is 0 Å². The van der Waals surface area contributed by atoms with Gasteiger partial charge in [0, 0.05) is 5.19 Å². The number of carbonyl (C=O) groups excluding carboxylic acids is 1. The minimum atomic E-state index is -1.94. The standard InChI is InChI=1S/C24H43O7Si3/c1-17(2)15-16-29-24(25)22(28-6)20(26-4)19-14-13-18(3)23(21(19)27-5)32(30-33(7,8)9)31-34(10,11)12/h13-14,17H,15-16H2,1-12H3. The first kappa shape index (κ1) is 30.4. The van der Waals surface area contributed by atoms with E-state index in [1.807, 2.05) is 19.1 Å². The first-order chi connectivity index (χ1) is 15.6. The van der Waals surface area contributed by atoms with Crippen molar-refractivity contribution in [3.8, 4) is 5.75 Å². The molecule has 0 N–H and O–H groups in total. The molecule has 0 aliphatic rings. The van der Waals surface area contributed by atoms with E-state index in [1.54, 1.807) is 7.11 Å². The van der Waals surface area contributed by atoms with Gasteiger partial charge in [0.1, 0.15) is 5.75 Å². The van der Waals surface area contributed by atoms with Crippen LogP contribution in [0.2, 0.25) is 39.3 Å². The SMILES string of the molecule is COC(C(=O)OCCC(C)C)=C(OC)c1ccc(C)c([Si](O[Si](C)(C)C)O[Si](C)(C)C)c1OC. The second-order valence-corrected chi connectivity index (χ2v) is 21.6. The van der Waals surface area contributed by atoms with Crippen LogP contribution in [0.4, 0.5) is 0 Å². The molecule has 34 heavy (non-hydrogen) atoms. The molecule has 0 unspecified atom stereocenters. The molecular weight excluding hydrogens is 485 g/mol. The third-order valence-corrected chi connectivity index (χ3v) is 12.0. The van der Waals surface area contributed by atoms with Crippen LogP contribution in [0.1, 0.15) is 31.4 Å². The molecule has 0 amide bonds. The minimum Gasteiger partial charge on any atom is -0.496 e. The summed E-state index contributed by atoms with van der Waals surface area (Å²) in [7, 11) is -1.24. The molecule has 0 aliphatic carbocycles. The van der Waals surface area contributed by atoms with E-state index in [1.165, 1.54) is 14.2 Å². The Labute approximate surface area is 209 Å². The van der Waals surface area contributed by atoms with E-state index >= 15 is 0 Å². The summed E-state index contributed by atoms with van der Waals surface area (Å²) >= 11 is 0. The lowest BCUT2D eigenvalue weighted by Crippen LogP contribution is -2.51. The van der Waals surface area contributed by atoms with Crippen molar-refractivity contribution in [3.05, 3.63) is 29.0 Å². The van der Waals surface area contributed by atoms with Gasteiger partial charge in [-0.15, -0.1) is 0 Å². The maximum atomic E-state index is 12.8. The Hall–Kier alpha value is -1.60. The van der Waals surface area contributed by atoms with Crippen molar-refractivity contribution in [2.75, 3.05) is 27.9 Å². The molecule has 0 aliphatic heterocycles. The van der Waals surface area contributed by atoms with E-state index in [4.69, 9.17) is 27.2 Å². The molecule has 10 heteroatoms. The molecule has 0 spiro atoms. The molecular formula is C24H43O7Si3. The molecule has 0 saturated carbocycles. The first-order valence-corrected chi connectivity index (χ1v) is 19.7. The summed E-state index contributed by atoms with van der Waals surface area (Å²) in [6.07, 6.45) is 0.761. The molecule has 193 valence electrons. The van der Waals surface area contributed by atoms with Crippen molar-refractivity contribution in [2.45, 2.75) is 66.5 Å². The van der Waals surface area contributed by atoms with Crippen LogP contribution in [0.25, 0.3) is 5.76 Å². The maximum Gasteiger partial charge on any atom is 0.405 e. The van der Waals surface area contributed by atoms with Crippen LogP contribution < -0.4 is 9.92 Å². The number of esters is 1. The fourth-order valence-electron chi connectivity index (χ4n) is 3.05. The highest BCUT2D eigenvalue weighted by Gasteiger charge is 2.37. The third-order valence-electron chi connectivity index (χ3n) is 4.54. The van der Waals surface area contributed by atoms with Crippen molar-refractivity contribution in [2.24, 2.45) is 5.92 Å². The Bertz CT molecular complexity index is 839. The van der Waals surface area contributed by atoms with Gasteiger partial charge in [-0.1, -0.05) is 19.9 Å². The largest absolute Gasteiger partial charge is 0.496 e. The fourth-order valence-corrected chi connectivity index (χ4v) is 9.69. The van der Waals surface area contributed by atoms with Gasteiger partial charge in [0.05, 0.1) is 33.5 Å². The van der Waals surface area contributed by atoms with Gasteiger partial charge >= 0.3 is 15.3 Å². The van der Waals surface area contributed by atoms with Gasteiger partial charge in [-0.05, 0) is 70.2 Å². The van der Waals surface area contributed by atoms with Crippen LogP contribution in [0.3, 0.4) is 0 Å². The second-order valence-electron chi connectivity index (χ2n) is 10.4. The highest BCUT2D eigenvalue weighted by Crippen LogP contribution is 2.31. The molecule has 0 heterocycles. The van der Waals surface area contributed by atoms with E-state index in [0.717, 1.165) is 17.2 Å². The smallest absolute Gasteiger partial charge is 0.405 e. The average Bonchev–Trinajstić information content (AvgIpc) is 2.68. The Balaban J connectivity index is 3.68. The van der Waals surface area contributed by atoms with Gasteiger partial charge < -0.3 is 27.2 Å². The van der Waals surface area contributed by atoms with Crippen molar-refractivity contribution in [3.63, 3.8) is 0 Å². The number of ether oxygens (including phenoxy) is 4. The quantitative estimate of drug-likeness (QED) is 0.155. The number of benzene rings is 1. The summed E-state index contributed by atoms with van der Waals surface area (Å²) in [5.41, 5.74) is 1.59. The van der Waals surface area contributed by atoms with Crippen molar-refractivity contribution < 1.29 is 32.0 Å². The summed E-state index contributed by atoms with van der Waals surface area (Å²) in [5.74, 6) is 0.642. The molecule has 1 rings (SSSR count). The lowest BCUT2D eigenvalue weighted by atomic mass is 10.1. The molecule has 0 bridgehead atoms. The topological polar surface area (TPSA) is 72.5 Å². The first-order valence-electron chi connectivity index (χ1n) is 11.6. The number of hydrogen-bond acceptors (Lipinski definition) is 7. The van der Waals surface area contributed by atoms with Gasteiger partial charge in [0.15, 0.2) is 22.4 Å². The van der Waals surface area contributed by atoms with Gasteiger partial charge in [-0.2, -0.15) is 0 Å². The molecule has 0 atom stereocenters. The van der Waals surface area contributed by atoms with Crippen LogP contribution >= 0.6 is 0 Å². The Morgan fingerprint density at radius 1 is 0.941 bits per heavy atom. The lowest BCUT2D eigenvalue weighted by Gasteiger charge is -2.31. The predicted molar refractivity (Wildman–Crippen MR) is 143 cm³/mol. The van der Waals surface area contributed by atoms with Gasteiger partial charge in [-0.3, -0.25) is 0 Å². The number of carbonyl (C=O) groups is 1. The molecule has 1 aromatic carbocycles. The number of aryl methyl sites for hydroxylation is 1. The van der Waals surface area contributed by atoms with Crippen LogP contribution in [0.5, 0.6) is 5.75 Å². The summed E-state index contributed by atoms with van der Waals surface area (Å²) in [4.78, 5) is 12.8. The zero-order valence-corrected chi connectivity index (χ0v) is 26.0. The Morgan fingerprint density at radius 2 is 1.50 bits per heavy atom. The zero-order valence-electron chi connectivity index (χ0n) is 23.0. The molecule has 1 radical (unpaired) electrons. The summed E-state index contributed by atoms with van der Waals surface area (Å²) in [6, 6.07) is 3.83. The van der Waals surface area contributed by atoms with E-state index in [2.05, 4.69) is 53.1 Å². The Morgan fingerprint density at radius 3 is 1.91 bits per heavy atom. The molecule has 1 aromatic rings. The molecule has 0 saturated heterocycles. The van der Waals surface area contributed by atoms with E-state index in [0.29, 0.717) is 23.8 Å². The average molecular weight is 528 g/mol. The normalized spacial score (nSPS) is 13.1. The van der Waals surface area contributed by atoms with Crippen LogP contribution in [0, 0.1) is 12.8 Å². The summed E-state index contributed by atoms with van der Waals surface area (Å²) in [5, 5.41) is 0.882. The van der Waals surface area contributed by atoms with Crippen LogP contribution in [-0.4, -0.2) is 59.8 Å². The Kier molecular flexibility index (Phi) is 11.6. The van der Waals surface area contributed by atoms with Crippen LogP contribution in [-0.2, 0) is 27.2 Å². The number of methoxy groups -OCH3 is 3. The van der Waals surface area contributed by atoms with Gasteiger partial charge in [0.25, 0.3) is 0 Å². The van der Waals surface area contributed by atoms with Gasteiger partial charge in [0.2, 0.25) is 5.76 Å². The molecule has 0 aromatic heterocycles. The third kappa shape index (κ3) is 9.22. The van der Waals surface area contributed by atoms with Crippen molar-refractivity contribution >= 4 is 42.8 Å². The van der Waals surface area contributed by atoms with E-state index in [9.17, 15) is 4.79 Å². The predicted octanol–water partition coefficient (Wildman–Crippen LogP) is 4.95. The van der Waals surface area contributed by atoms with Crippen molar-refractivity contribution in [1.82, 2.24) is 0 Å². The lowest BCUT2D eigenvalue weighted by molar-refractivity contribution is -0.143. The minimum absolute atomic E-state index is 0.00893. The zero-order chi connectivity index (χ0) is 26.3. The van der Waals surface area contributed by atoms with Crippen LogP contribution in [0.15, 0.2) is 17.9 Å². The molecule has 7 nitrogen and oxygen atoms in total. The second kappa shape index (κ2) is 12.9. The summed E-state index contributed by atoms with van der Waals surface area (Å²) < 4.78 is 35.7. The summed E-state index contributed by atoms with van der Waals surface area (Å²) in [6.45, 7) is 19.3. The van der Waals surface area contributed by atoms with E-state index in [-0.39, 0.29) is 11.5 Å². The number of rotatable bonds is 13. The highest BCUT2D eigenvalue weighted by molar-refractivity contribution is 6.85. The van der Waals surface area contributed by atoms with E-state index < -0.39 is 31.9 Å². The fraction of sp³-hybridized carbons (Fsp3) is 0.625. The molecule has 0 fully saturated rings. The maximum absolute atomic E-state index is 12.8. The number of hydrogen-bond donors (Lipinski definition) is 0. The van der Waals surface area contributed by atoms with Gasteiger partial charge in [-0.25, -0.2) is 4.79 Å².